The Morgan fingerprint density at radius 2 is 2.19 bits per heavy atom. The summed E-state index contributed by atoms with van der Waals surface area (Å²) in [5.74, 6) is -1.33. The second-order valence-corrected chi connectivity index (χ2v) is 5.44. The molecule has 1 aliphatic rings. The quantitative estimate of drug-likeness (QED) is 0.897. The van der Waals surface area contributed by atoms with E-state index in [0.717, 1.165) is 12.8 Å². The Morgan fingerprint density at radius 3 is 2.90 bits per heavy atom. The van der Waals surface area contributed by atoms with Crippen molar-refractivity contribution in [3.05, 3.63) is 30.2 Å². The molecule has 0 spiro atoms. The Balaban J connectivity index is 1.97. The molecule has 0 unspecified atom stereocenters. The van der Waals surface area contributed by atoms with Crippen molar-refractivity contribution in [2.45, 2.75) is 31.7 Å². The van der Waals surface area contributed by atoms with Crippen molar-refractivity contribution in [3.8, 4) is 0 Å². The molecule has 0 bridgehead atoms. The topological polar surface area (TPSA) is 87.8 Å². The second-order valence-electron chi connectivity index (χ2n) is 5.44. The molecular formula is C14H16N4O3. The van der Waals surface area contributed by atoms with E-state index in [-0.39, 0.29) is 11.6 Å². The second kappa shape index (κ2) is 4.83. The van der Waals surface area contributed by atoms with Gasteiger partial charge in [-0.2, -0.15) is 5.10 Å². The first-order chi connectivity index (χ1) is 10.0. The number of carboxylic acid groups (broad SMARTS) is 1. The minimum atomic E-state index is -1.17. The number of hydrogen-bond acceptors (Lipinski definition) is 4. The molecule has 21 heavy (non-hydrogen) atoms. The van der Waals surface area contributed by atoms with Crippen molar-refractivity contribution < 1.29 is 14.7 Å². The number of piperidine rings is 1. The average Bonchev–Trinajstić information content (AvgIpc) is 2.91. The fraction of sp³-hybridized carbons (Fsp3) is 0.429. The molecule has 0 saturated carbocycles. The number of carbonyl (C=O) groups excluding carboxylic acids is 1. The molecular weight excluding hydrogens is 272 g/mol. The van der Waals surface area contributed by atoms with Crippen LogP contribution in [0.1, 0.15) is 36.7 Å². The molecule has 1 fully saturated rings. The molecule has 1 saturated heterocycles. The highest BCUT2D eigenvalue weighted by Crippen LogP contribution is 2.29. The van der Waals surface area contributed by atoms with Gasteiger partial charge in [-0.1, -0.05) is 0 Å². The molecule has 110 valence electrons. The largest absolute Gasteiger partial charge is 0.480 e. The van der Waals surface area contributed by atoms with Gasteiger partial charge >= 0.3 is 5.97 Å². The van der Waals surface area contributed by atoms with Gasteiger partial charge in [-0.05, 0) is 32.3 Å². The zero-order valence-electron chi connectivity index (χ0n) is 11.7. The van der Waals surface area contributed by atoms with E-state index in [1.165, 1.54) is 9.42 Å². The minimum absolute atomic E-state index is 0.225. The SMILES string of the molecule is C[C@]1(C(=O)O)CCCCN1C(=O)c1cc2ncccn2n1. The number of carboxylic acids is 1. The maximum absolute atomic E-state index is 12.6. The molecule has 7 nitrogen and oxygen atoms in total. The average molecular weight is 288 g/mol. The van der Waals surface area contributed by atoms with Crippen LogP contribution >= 0.6 is 0 Å². The van der Waals surface area contributed by atoms with Crippen LogP contribution in [0, 0.1) is 0 Å². The van der Waals surface area contributed by atoms with Crippen molar-refractivity contribution >= 4 is 17.5 Å². The highest BCUT2D eigenvalue weighted by atomic mass is 16.4. The van der Waals surface area contributed by atoms with Gasteiger partial charge in [-0.25, -0.2) is 14.3 Å². The van der Waals surface area contributed by atoms with E-state index in [2.05, 4.69) is 10.1 Å². The summed E-state index contributed by atoms with van der Waals surface area (Å²) in [5.41, 5.74) is -0.378. The number of likely N-dealkylation sites (tertiary alicyclic amines) is 1. The first-order valence-electron chi connectivity index (χ1n) is 6.88. The smallest absolute Gasteiger partial charge is 0.329 e. The summed E-state index contributed by atoms with van der Waals surface area (Å²) in [6, 6.07) is 3.30. The summed E-state index contributed by atoms with van der Waals surface area (Å²) in [7, 11) is 0. The van der Waals surface area contributed by atoms with Gasteiger partial charge in [-0.3, -0.25) is 4.79 Å². The van der Waals surface area contributed by atoms with E-state index < -0.39 is 11.5 Å². The van der Waals surface area contributed by atoms with Crippen LogP contribution in [0.3, 0.4) is 0 Å². The Kier molecular flexibility index (Phi) is 3.12. The third kappa shape index (κ3) is 2.14. The van der Waals surface area contributed by atoms with Crippen LogP contribution in [-0.4, -0.2) is 48.6 Å². The monoisotopic (exact) mass is 288 g/mol. The Bertz CT molecular complexity index is 678. The molecule has 3 heterocycles. The Labute approximate surface area is 121 Å². The van der Waals surface area contributed by atoms with Crippen LogP contribution in [0.4, 0.5) is 0 Å². The fourth-order valence-electron chi connectivity index (χ4n) is 2.74. The van der Waals surface area contributed by atoms with Gasteiger partial charge in [0.05, 0.1) is 0 Å². The van der Waals surface area contributed by atoms with Crippen LogP contribution in [0.15, 0.2) is 24.5 Å². The van der Waals surface area contributed by atoms with Crippen LogP contribution in [0.5, 0.6) is 0 Å². The number of hydrogen-bond donors (Lipinski definition) is 1. The predicted octanol–water partition coefficient (Wildman–Crippen LogP) is 1.20. The van der Waals surface area contributed by atoms with Gasteiger partial charge in [0.1, 0.15) is 5.54 Å². The van der Waals surface area contributed by atoms with Crippen LogP contribution in [0.25, 0.3) is 5.65 Å². The summed E-state index contributed by atoms with van der Waals surface area (Å²) in [5, 5.41) is 13.7. The van der Waals surface area contributed by atoms with E-state index in [0.29, 0.717) is 18.6 Å². The van der Waals surface area contributed by atoms with Crippen molar-refractivity contribution in [3.63, 3.8) is 0 Å². The fourth-order valence-corrected chi connectivity index (χ4v) is 2.74. The van der Waals surface area contributed by atoms with Gasteiger partial charge in [-0.15, -0.1) is 0 Å². The van der Waals surface area contributed by atoms with Crippen molar-refractivity contribution in [2.24, 2.45) is 0 Å². The molecule has 2 aromatic heterocycles. The van der Waals surface area contributed by atoms with Crippen molar-refractivity contribution in [2.75, 3.05) is 6.54 Å². The van der Waals surface area contributed by atoms with E-state index in [9.17, 15) is 14.7 Å². The highest BCUT2D eigenvalue weighted by Gasteiger charge is 2.44. The standard InChI is InChI=1S/C14H16N4O3/c1-14(13(20)21)5-2-3-7-17(14)12(19)10-9-11-15-6-4-8-18(11)16-10/h4,6,8-9H,2-3,5,7H2,1H3,(H,20,21)/t14-/m1/s1. The highest BCUT2D eigenvalue weighted by molar-refractivity contribution is 5.97. The number of nitrogens with zero attached hydrogens (tertiary/aromatic N) is 4. The molecule has 7 heteroatoms. The lowest BCUT2D eigenvalue weighted by Crippen LogP contribution is -2.57. The number of aromatic nitrogens is 3. The molecule has 0 aliphatic carbocycles. The van der Waals surface area contributed by atoms with Crippen LogP contribution in [0.2, 0.25) is 0 Å². The minimum Gasteiger partial charge on any atom is -0.480 e. The summed E-state index contributed by atoms with van der Waals surface area (Å²) < 4.78 is 1.51. The molecule has 1 N–H and O–H groups in total. The maximum atomic E-state index is 12.6. The van der Waals surface area contributed by atoms with Crippen molar-refractivity contribution in [1.82, 2.24) is 19.5 Å². The normalized spacial score (nSPS) is 22.4. The molecule has 3 rings (SSSR count). The van der Waals surface area contributed by atoms with Gasteiger partial charge in [0.25, 0.3) is 5.91 Å². The number of rotatable bonds is 2. The lowest BCUT2D eigenvalue weighted by Gasteiger charge is -2.41. The maximum Gasteiger partial charge on any atom is 0.329 e. The van der Waals surface area contributed by atoms with Gasteiger partial charge < -0.3 is 10.0 Å². The van der Waals surface area contributed by atoms with Crippen LogP contribution in [-0.2, 0) is 4.79 Å². The molecule has 1 amide bonds. The molecule has 0 aromatic carbocycles. The van der Waals surface area contributed by atoms with E-state index in [4.69, 9.17) is 0 Å². The third-order valence-corrected chi connectivity index (χ3v) is 4.05. The van der Waals surface area contributed by atoms with Gasteiger partial charge in [0.2, 0.25) is 0 Å². The lowest BCUT2D eigenvalue weighted by atomic mass is 9.88. The van der Waals surface area contributed by atoms with Crippen molar-refractivity contribution in [1.29, 1.82) is 0 Å². The summed E-state index contributed by atoms with van der Waals surface area (Å²) >= 11 is 0. The third-order valence-electron chi connectivity index (χ3n) is 4.05. The lowest BCUT2D eigenvalue weighted by molar-refractivity contribution is -0.150. The Hall–Kier alpha value is -2.44. The molecule has 1 aliphatic heterocycles. The van der Waals surface area contributed by atoms with Gasteiger partial charge in [0.15, 0.2) is 11.3 Å². The number of aliphatic carboxylic acids is 1. The zero-order valence-corrected chi connectivity index (χ0v) is 11.7. The zero-order chi connectivity index (χ0) is 15.0. The summed E-state index contributed by atoms with van der Waals surface area (Å²) in [6.07, 6.45) is 5.39. The molecule has 1 atom stereocenters. The predicted molar refractivity (Wildman–Crippen MR) is 73.9 cm³/mol. The van der Waals surface area contributed by atoms with E-state index in [1.54, 1.807) is 31.5 Å². The van der Waals surface area contributed by atoms with Gasteiger partial charge in [0, 0.05) is 25.0 Å². The number of amides is 1. The molecule has 0 radical (unpaired) electrons. The van der Waals surface area contributed by atoms with E-state index >= 15 is 0 Å². The number of carbonyl (C=O) groups is 2. The first-order valence-corrected chi connectivity index (χ1v) is 6.88. The summed E-state index contributed by atoms with van der Waals surface area (Å²) in [6.45, 7) is 2.03. The van der Waals surface area contributed by atoms with E-state index in [1.807, 2.05) is 0 Å². The summed E-state index contributed by atoms with van der Waals surface area (Å²) in [4.78, 5) is 29.7. The number of fused-ring (bicyclic) bond motifs is 1. The van der Waals surface area contributed by atoms with Crippen LogP contribution < -0.4 is 0 Å². The molecule has 2 aromatic rings. The Morgan fingerprint density at radius 1 is 1.38 bits per heavy atom. The first kappa shape index (κ1) is 13.5.